The fourth-order valence-corrected chi connectivity index (χ4v) is 4.49. The van der Waals surface area contributed by atoms with E-state index in [1.54, 1.807) is 29.9 Å². The monoisotopic (exact) mass is 456 g/mol. The third-order valence-corrected chi connectivity index (χ3v) is 6.21. The molecule has 6 rings (SSSR count). The molecule has 0 amide bonds. The second kappa shape index (κ2) is 7.45. The van der Waals surface area contributed by atoms with Crippen LogP contribution in [-0.2, 0) is 0 Å². The van der Waals surface area contributed by atoms with Gasteiger partial charge in [0.25, 0.3) is 0 Å². The Morgan fingerprint density at radius 3 is 2.73 bits per heavy atom. The number of fused-ring (bicyclic) bond motifs is 2. The number of pyridine rings is 3. The van der Waals surface area contributed by atoms with E-state index in [0.717, 1.165) is 22.3 Å². The minimum atomic E-state index is -0.437. The Morgan fingerprint density at radius 2 is 1.91 bits per heavy atom. The van der Waals surface area contributed by atoms with E-state index in [1.807, 2.05) is 42.6 Å². The third-order valence-electron chi connectivity index (χ3n) is 5.53. The van der Waals surface area contributed by atoms with Gasteiger partial charge < -0.3 is 9.88 Å². The zero-order valence-corrected chi connectivity index (χ0v) is 18.5. The van der Waals surface area contributed by atoms with Crippen LogP contribution in [0.25, 0.3) is 56.0 Å². The van der Waals surface area contributed by atoms with E-state index in [-0.39, 0.29) is 11.0 Å². The van der Waals surface area contributed by atoms with Crippen molar-refractivity contribution in [2.24, 2.45) is 0 Å². The second-order valence-corrected chi connectivity index (χ2v) is 8.54. The standard InChI is InChI=1S/C23H17FN8S/c1-32(2)14-7-13(8-25-9-14)16-10-27-21-17(18(16)24)20(30-31-21)23-28-19-15(12-4-6-33-11-12)3-5-26-22(19)29-23/h3-11H,1-2H3,(H,26,28,29)(H,27,30,31). The van der Waals surface area contributed by atoms with Crippen LogP contribution < -0.4 is 4.90 Å². The molecule has 10 heteroatoms. The van der Waals surface area contributed by atoms with E-state index in [9.17, 15) is 0 Å². The third kappa shape index (κ3) is 3.14. The van der Waals surface area contributed by atoms with Crippen molar-refractivity contribution in [3.8, 4) is 33.8 Å². The number of anilines is 1. The molecule has 0 fully saturated rings. The molecule has 0 atom stereocenters. The van der Waals surface area contributed by atoms with Gasteiger partial charge in [0.05, 0.1) is 22.8 Å². The lowest BCUT2D eigenvalue weighted by molar-refractivity contribution is 0.642. The molecule has 0 aliphatic carbocycles. The summed E-state index contributed by atoms with van der Waals surface area (Å²) in [7, 11) is 3.82. The Kier molecular flexibility index (Phi) is 4.40. The maximum absolute atomic E-state index is 15.8. The Hall–Kier alpha value is -4.18. The van der Waals surface area contributed by atoms with Crippen molar-refractivity contribution in [2.45, 2.75) is 0 Å². The summed E-state index contributed by atoms with van der Waals surface area (Å²) in [4.78, 5) is 22.8. The molecule has 0 spiro atoms. The molecule has 0 radical (unpaired) electrons. The zero-order valence-electron chi connectivity index (χ0n) is 17.7. The summed E-state index contributed by atoms with van der Waals surface area (Å²) in [6.07, 6.45) is 6.55. The highest BCUT2D eigenvalue weighted by Gasteiger charge is 2.21. The molecular formula is C23H17FN8S. The van der Waals surface area contributed by atoms with Gasteiger partial charge in [0.2, 0.25) is 0 Å². The summed E-state index contributed by atoms with van der Waals surface area (Å²) in [5.41, 5.74) is 5.90. The molecular weight excluding hydrogens is 439 g/mol. The first-order valence-corrected chi connectivity index (χ1v) is 11.1. The van der Waals surface area contributed by atoms with E-state index in [1.165, 1.54) is 6.20 Å². The molecule has 0 aromatic carbocycles. The minimum Gasteiger partial charge on any atom is -0.376 e. The number of nitrogens with one attached hydrogen (secondary N) is 2. The highest BCUT2D eigenvalue weighted by Crippen LogP contribution is 2.34. The van der Waals surface area contributed by atoms with Crippen LogP contribution in [0.4, 0.5) is 10.1 Å². The maximum atomic E-state index is 15.8. The predicted octanol–water partition coefficient (Wildman–Crippen LogP) is 4.89. The number of thiophene rings is 1. The summed E-state index contributed by atoms with van der Waals surface area (Å²) in [5.74, 6) is 0.00799. The van der Waals surface area contributed by atoms with E-state index < -0.39 is 5.82 Å². The van der Waals surface area contributed by atoms with Crippen molar-refractivity contribution in [2.75, 3.05) is 19.0 Å². The minimum absolute atomic E-state index is 0.263. The van der Waals surface area contributed by atoms with Crippen molar-refractivity contribution < 1.29 is 4.39 Å². The van der Waals surface area contributed by atoms with Gasteiger partial charge in [-0.25, -0.2) is 19.3 Å². The van der Waals surface area contributed by atoms with E-state index in [4.69, 9.17) is 0 Å². The van der Waals surface area contributed by atoms with Gasteiger partial charge >= 0.3 is 0 Å². The number of rotatable bonds is 4. The first-order valence-electron chi connectivity index (χ1n) is 10.1. The molecule has 0 aliphatic rings. The van der Waals surface area contributed by atoms with Gasteiger partial charge in [0, 0.05) is 49.4 Å². The topological polar surface area (TPSA) is 99.3 Å². The number of halogens is 1. The van der Waals surface area contributed by atoms with E-state index in [0.29, 0.717) is 28.3 Å². The summed E-state index contributed by atoms with van der Waals surface area (Å²) < 4.78 is 15.8. The van der Waals surface area contributed by atoms with Crippen LogP contribution in [0.2, 0.25) is 0 Å². The van der Waals surface area contributed by atoms with Crippen molar-refractivity contribution in [3.05, 3.63) is 59.6 Å². The van der Waals surface area contributed by atoms with Gasteiger partial charge in [-0.3, -0.25) is 10.1 Å². The average Bonchev–Trinajstić information content (AvgIpc) is 3.58. The number of aromatic amines is 2. The van der Waals surface area contributed by atoms with Crippen LogP contribution >= 0.6 is 11.3 Å². The van der Waals surface area contributed by atoms with Crippen LogP contribution in [-0.4, -0.2) is 49.2 Å². The van der Waals surface area contributed by atoms with Gasteiger partial charge in [-0.1, -0.05) is 0 Å². The smallest absolute Gasteiger partial charge is 0.184 e. The van der Waals surface area contributed by atoms with Gasteiger partial charge in [0.15, 0.2) is 17.1 Å². The summed E-state index contributed by atoms with van der Waals surface area (Å²) in [6.45, 7) is 0. The van der Waals surface area contributed by atoms with Gasteiger partial charge in [0.1, 0.15) is 11.5 Å². The molecule has 33 heavy (non-hydrogen) atoms. The normalized spacial score (nSPS) is 11.5. The summed E-state index contributed by atoms with van der Waals surface area (Å²) in [5, 5.41) is 11.4. The molecule has 2 N–H and O–H groups in total. The zero-order chi connectivity index (χ0) is 22.5. The van der Waals surface area contributed by atoms with Crippen molar-refractivity contribution >= 4 is 39.2 Å². The number of aromatic nitrogens is 7. The fraction of sp³-hybridized carbons (Fsp3) is 0.0870. The largest absolute Gasteiger partial charge is 0.376 e. The molecule has 0 unspecified atom stereocenters. The molecule has 0 saturated heterocycles. The van der Waals surface area contributed by atoms with Gasteiger partial charge in [-0.2, -0.15) is 16.4 Å². The number of hydrogen-bond acceptors (Lipinski definition) is 7. The van der Waals surface area contributed by atoms with Gasteiger partial charge in [-0.05, 0) is 34.5 Å². The van der Waals surface area contributed by atoms with Crippen LogP contribution in [0.15, 0.2) is 53.7 Å². The average molecular weight is 457 g/mol. The lowest BCUT2D eigenvalue weighted by Crippen LogP contribution is -2.08. The van der Waals surface area contributed by atoms with E-state index >= 15 is 4.39 Å². The van der Waals surface area contributed by atoms with Crippen molar-refractivity contribution in [3.63, 3.8) is 0 Å². The van der Waals surface area contributed by atoms with Crippen molar-refractivity contribution in [1.82, 2.24) is 35.1 Å². The second-order valence-electron chi connectivity index (χ2n) is 7.76. The first kappa shape index (κ1) is 19.5. The van der Waals surface area contributed by atoms with Gasteiger partial charge in [-0.15, -0.1) is 0 Å². The molecule has 6 aromatic heterocycles. The van der Waals surface area contributed by atoms with Crippen LogP contribution in [0, 0.1) is 5.82 Å². The highest BCUT2D eigenvalue weighted by atomic mass is 32.1. The predicted molar refractivity (Wildman–Crippen MR) is 128 cm³/mol. The number of hydrogen-bond donors (Lipinski definition) is 2. The fourth-order valence-electron chi connectivity index (χ4n) is 3.83. The lowest BCUT2D eigenvalue weighted by Gasteiger charge is -2.13. The Morgan fingerprint density at radius 1 is 1.00 bits per heavy atom. The summed E-state index contributed by atoms with van der Waals surface area (Å²) in [6, 6.07) is 5.84. The molecule has 0 aliphatic heterocycles. The van der Waals surface area contributed by atoms with Crippen molar-refractivity contribution in [1.29, 1.82) is 0 Å². The molecule has 162 valence electrons. The number of nitrogens with zero attached hydrogens (tertiary/aromatic N) is 6. The SMILES string of the molecule is CN(C)c1cncc(-c2cnc3n[nH]c(-c4nc5nccc(-c6ccsc6)c5[nH]4)c3c2F)c1. The Bertz CT molecular complexity index is 1620. The molecule has 6 heterocycles. The first-order chi connectivity index (χ1) is 16.1. The molecule has 8 nitrogen and oxygen atoms in total. The molecule has 0 bridgehead atoms. The Balaban J connectivity index is 1.53. The number of imidazole rings is 1. The highest BCUT2D eigenvalue weighted by molar-refractivity contribution is 7.08. The Labute approximate surface area is 191 Å². The molecule has 6 aromatic rings. The van der Waals surface area contributed by atoms with Crippen LogP contribution in [0.1, 0.15) is 0 Å². The maximum Gasteiger partial charge on any atom is 0.184 e. The van der Waals surface area contributed by atoms with E-state index in [2.05, 4.69) is 40.5 Å². The van der Waals surface area contributed by atoms with Crippen LogP contribution in [0.5, 0.6) is 0 Å². The quantitative estimate of drug-likeness (QED) is 0.392. The van der Waals surface area contributed by atoms with Crippen LogP contribution in [0.3, 0.4) is 0 Å². The summed E-state index contributed by atoms with van der Waals surface area (Å²) >= 11 is 1.62. The number of H-pyrrole nitrogens is 2. The lowest BCUT2D eigenvalue weighted by atomic mass is 10.1. The molecule has 0 saturated carbocycles.